The van der Waals surface area contributed by atoms with Crippen molar-refractivity contribution in [3.8, 4) is 0 Å². The summed E-state index contributed by atoms with van der Waals surface area (Å²) >= 11 is 0. The largest absolute Gasteiger partial charge is 0.444 e. The molecule has 1 aromatic carbocycles. The third-order valence-electron chi connectivity index (χ3n) is 6.30. The van der Waals surface area contributed by atoms with Crippen LogP contribution in [-0.4, -0.2) is 64.1 Å². The van der Waals surface area contributed by atoms with Crippen LogP contribution in [0.1, 0.15) is 45.7 Å². The van der Waals surface area contributed by atoms with Gasteiger partial charge in [-0.05, 0) is 53.7 Å². The van der Waals surface area contributed by atoms with Gasteiger partial charge in [0.25, 0.3) is 10.0 Å². The van der Waals surface area contributed by atoms with Crippen molar-refractivity contribution in [3.63, 3.8) is 0 Å². The normalized spacial score (nSPS) is 19.2. The van der Waals surface area contributed by atoms with Gasteiger partial charge < -0.3 is 14.5 Å². The van der Waals surface area contributed by atoms with Crippen molar-refractivity contribution >= 4 is 33.0 Å². The molecule has 0 bridgehead atoms. The highest BCUT2D eigenvalue weighted by atomic mass is 32.2. The van der Waals surface area contributed by atoms with E-state index in [1.165, 1.54) is 17.0 Å². The van der Waals surface area contributed by atoms with E-state index in [1.807, 2.05) is 0 Å². The Bertz CT molecular complexity index is 1460. The smallest absolute Gasteiger partial charge is 0.418 e. The van der Waals surface area contributed by atoms with E-state index in [1.54, 1.807) is 58.6 Å². The molecule has 1 fully saturated rings. The number of hydrogen-bond acceptors (Lipinski definition) is 7. The maximum atomic E-state index is 14.3. The molecule has 1 amide bonds. The number of anilines is 1. The summed E-state index contributed by atoms with van der Waals surface area (Å²) < 4.78 is 75.7. The van der Waals surface area contributed by atoms with Crippen LogP contribution in [0.25, 0.3) is 11.0 Å². The zero-order valence-corrected chi connectivity index (χ0v) is 22.8. The molecule has 13 heteroatoms. The number of nitrogens with zero attached hydrogens (tertiary/aromatic N) is 5. The number of hydrogen-bond donors (Lipinski definition) is 0. The van der Waals surface area contributed by atoms with Crippen molar-refractivity contribution in [2.45, 2.75) is 70.3 Å². The fourth-order valence-corrected chi connectivity index (χ4v) is 5.77. The summed E-state index contributed by atoms with van der Waals surface area (Å²) in [6.45, 7) is 10.9. The Morgan fingerprint density at radius 3 is 2.24 bits per heavy atom. The van der Waals surface area contributed by atoms with E-state index in [2.05, 4.69) is 9.97 Å². The fourth-order valence-electron chi connectivity index (χ4n) is 4.45. The first kappa shape index (κ1) is 27.7. The number of fused-ring (bicyclic) bond motifs is 1. The van der Waals surface area contributed by atoms with Crippen LogP contribution in [0.2, 0.25) is 0 Å². The van der Waals surface area contributed by atoms with Gasteiger partial charge in [-0.2, -0.15) is 13.2 Å². The summed E-state index contributed by atoms with van der Waals surface area (Å²) in [5.41, 5.74) is -1.44. The van der Waals surface area contributed by atoms with Gasteiger partial charge in [0.1, 0.15) is 17.7 Å². The lowest BCUT2D eigenvalue weighted by atomic mass is 10.1. The molecule has 0 N–H and O–H groups in total. The minimum atomic E-state index is -4.88. The van der Waals surface area contributed by atoms with Gasteiger partial charge in [-0.3, -0.25) is 0 Å². The summed E-state index contributed by atoms with van der Waals surface area (Å²) in [4.78, 5) is 23.9. The van der Waals surface area contributed by atoms with Crippen LogP contribution in [0.4, 0.5) is 23.8 Å². The second-order valence-electron chi connectivity index (χ2n) is 10.5. The van der Waals surface area contributed by atoms with Gasteiger partial charge in [-0.1, -0.05) is 17.7 Å². The summed E-state index contributed by atoms with van der Waals surface area (Å²) in [5.74, 6) is -0.0524. The van der Waals surface area contributed by atoms with Crippen LogP contribution < -0.4 is 4.90 Å². The zero-order valence-electron chi connectivity index (χ0n) is 21.9. The molecule has 3 heterocycles. The van der Waals surface area contributed by atoms with Gasteiger partial charge in [0.15, 0.2) is 5.65 Å². The molecule has 9 nitrogen and oxygen atoms in total. The van der Waals surface area contributed by atoms with E-state index in [-0.39, 0.29) is 29.5 Å². The number of benzene rings is 1. The van der Waals surface area contributed by atoms with Crippen LogP contribution in [0.15, 0.2) is 41.7 Å². The number of rotatable bonds is 3. The minimum Gasteiger partial charge on any atom is -0.444 e. The molecule has 1 aliphatic rings. The third kappa shape index (κ3) is 5.16. The number of aromatic nitrogens is 3. The van der Waals surface area contributed by atoms with Crippen molar-refractivity contribution in [2.75, 3.05) is 18.0 Å². The molecule has 1 saturated heterocycles. The van der Waals surface area contributed by atoms with Crippen LogP contribution in [-0.2, 0) is 20.9 Å². The molecule has 38 heavy (non-hydrogen) atoms. The predicted octanol–water partition coefficient (Wildman–Crippen LogP) is 4.83. The maximum absolute atomic E-state index is 14.3. The summed E-state index contributed by atoms with van der Waals surface area (Å²) in [5, 5.41) is -0.416. The highest BCUT2D eigenvalue weighted by Gasteiger charge is 2.41. The first-order valence-corrected chi connectivity index (χ1v) is 13.5. The van der Waals surface area contributed by atoms with Crippen LogP contribution >= 0.6 is 0 Å². The predicted molar refractivity (Wildman–Crippen MR) is 136 cm³/mol. The number of piperazine rings is 1. The lowest BCUT2D eigenvalue weighted by molar-refractivity contribution is -0.136. The lowest BCUT2D eigenvalue weighted by Gasteiger charge is -2.44. The van der Waals surface area contributed by atoms with Gasteiger partial charge in [-0.25, -0.2) is 27.2 Å². The molecular formula is C25H30F3N5O4S. The average Bonchev–Trinajstić information content (AvgIpc) is 3.21. The number of carbonyl (C=O) groups excluding carboxylic acids is 1. The minimum absolute atomic E-state index is 0.0524. The van der Waals surface area contributed by atoms with Gasteiger partial charge in [-0.15, -0.1) is 0 Å². The van der Waals surface area contributed by atoms with E-state index in [9.17, 15) is 26.4 Å². The molecule has 0 radical (unpaired) electrons. The quantitative estimate of drug-likeness (QED) is 0.458. The fraction of sp³-hybridized carbons (Fsp3) is 0.480. The second-order valence-corrected chi connectivity index (χ2v) is 12.3. The molecule has 2 aromatic heterocycles. The maximum Gasteiger partial charge on any atom is 0.418 e. The molecule has 206 valence electrons. The Morgan fingerprint density at radius 2 is 1.66 bits per heavy atom. The molecule has 0 spiro atoms. The standard InChI is InChI=1S/C25H30F3N5O4S/c1-15-7-9-18(10-8-15)38(35,36)33-13-19(25(26,27)28)20-21(29-14-30-22(20)33)31-11-17(3)32(12-16(31)2)23(34)37-24(4,5)6/h7-10,13-14,16-17H,11-12H2,1-6H3/t16?,17-/m0/s1. The monoisotopic (exact) mass is 553 g/mol. The Hall–Kier alpha value is -3.35. The number of alkyl halides is 3. The summed E-state index contributed by atoms with van der Waals surface area (Å²) in [6, 6.07) is 4.94. The molecule has 1 aliphatic heterocycles. The van der Waals surface area contributed by atoms with Gasteiger partial charge in [0.2, 0.25) is 0 Å². The number of halogens is 3. The highest BCUT2D eigenvalue weighted by molar-refractivity contribution is 7.90. The van der Waals surface area contributed by atoms with Gasteiger partial charge in [0, 0.05) is 31.4 Å². The molecule has 0 aliphatic carbocycles. The number of aryl methyl sites for hydroxylation is 1. The molecule has 4 rings (SSSR count). The Balaban J connectivity index is 1.82. The van der Waals surface area contributed by atoms with Gasteiger partial charge in [0.05, 0.1) is 15.8 Å². The third-order valence-corrected chi connectivity index (χ3v) is 7.97. The first-order valence-electron chi connectivity index (χ1n) is 12.0. The van der Waals surface area contributed by atoms with Crippen molar-refractivity contribution in [3.05, 3.63) is 47.9 Å². The van der Waals surface area contributed by atoms with Crippen molar-refractivity contribution in [1.82, 2.24) is 18.8 Å². The van der Waals surface area contributed by atoms with Crippen molar-refractivity contribution in [1.29, 1.82) is 0 Å². The van der Waals surface area contributed by atoms with E-state index < -0.39 is 50.9 Å². The van der Waals surface area contributed by atoms with E-state index in [0.29, 0.717) is 10.2 Å². The van der Waals surface area contributed by atoms with Crippen molar-refractivity contribution < 1.29 is 31.1 Å². The zero-order chi connectivity index (χ0) is 28.2. The molecule has 3 aromatic rings. The van der Waals surface area contributed by atoms with Crippen LogP contribution in [0.3, 0.4) is 0 Å². The van der Waals surface area contributed by atoms with Crippen molar-refractivity contribution in [2.24, 2.45) is 0 Å². The second kappa shape index (κ2) is 9.44. The highest BCUT2D eigenvalue weighted by Crippen LogP contribution is 2.41. The molecular weight excluding hydrogens is 523 g/mol. The Kier molecular flexibility index (Phi) is 6.87. The molecule has 1 unspecified atom stereocenters. The van der Waals surface area contributed by atoms with Gasteiger partial charge >= 0.3 is 12.3 Å². The summed E-state index contributed by atoms with van der Waals surface area (Å²) in [7, 11) is -4.39. The first-order chi connectivity index (χ1) is 17.5. The van der Waals surface area contributed by atoms with Crippen LogP contribution in [0.5, 0.6) is 0 Å². The SMILES string of the molecule is Cc1ccc(S(=O)(=O)n2cc(C(F)(F)F)c3c(N4C[C@H](C)N(C(=O)OC(C)(C)C)CC4C)ncnc32)cc1. The Labute approximate surface area is 219 Å². The van der Waals surface area contributed by atoms with E-state index in [0.717, 1.165) is 11.9 Å². The average molecular weight is 554 g/mol. The van der Waals surface area contributed by atoms with Crippen LogP contribution in [0, 0.1) is 6.92 Å². The number of carbonyl (C=O) groups is 1. The topological polar surface area (TPSA) is 97.6 Å². The number of ether oxygens (including phenoxy) is 1. The Morgan fingerprint density at radius 1 is 1.03 bits per heavy atom. The number of amides is 1. The molecule has 2 atom stereocenters. The summed E-state index contributed by atoms with van der Waals surface area (Å²) in [6.07, 6.45) is -3.78. The lowest BCUT2D eigenvalue weighted by Crippen LogP contribution is -2.59. The molecule has 0 saturated carbocycles. The van der Waals surface area contributed by atoms with E-state index in [4.69, 9.17) is 4.74 Å². The van der Waals surface area contributed by atoms with E-state index >= 15 is 0 Å².